The average molecular weight is 222 g/mol. The predicted molar refractivity (Wildman–Crippen MR) is 66.6 cm³/mol. The van der Waals surface area contributed by atoms with Crippen LogP contribution in [0.3, 0.4) is 0 Å². The molecule has 1 unspecified atom stereocenters. The lowest BCUT2D eigenvalue weighted by Gasteiger charge is -2.31. The highest BCUT2D eigenvalue weighted by molar-refractivity contribution is 5.32. The van der Waals surface area contributed by atoms with E-state index in [1.165, 1.54) is 0 Å². The van der Waals surface area contributed by atoms with E-state index in [-0.39, 0.29) is 5.92 Å². The van der Waals surface area contributed by atoms with Crippen LogP contribution in [0.4, 0.5) is 0 Å². The van der Waals surface area contributed by atoms with Crippen LogP contribution in [0.2, 0.25) is 0 Å². The topological polar surface area (TPSA) is 29.5 Å². The second-order valence-corrected chi connectivity index (χ2v) is 4.39. The average Bonchev–Trinajstić information content (AvgIpc) is 2.28. The first-order chi connectivity index (χ1) is 7.54. The summed E-state index contributed by atoms with van der Waals surface area (Å²) in [6.45, 7) is 8.69. The van der Waals surface area contributed by atoms with E-state index in [4.69, 9.17) is 4.74 Å². The first-order valence-electron chi connectivity index (χ1n) is 6.00. The maximum atomic E-state index is 10.6. The van der Waals surface area contributed by atoms with Gasteiger partial charge in [-0.2, -0.15) is 0 Å². The number of rotatable bonds is 5. The molecule has 1 rings (SSSR count). The molecule has 1 aromatic carbocycles. The van der Waals surface area contributed by atoms with Crippen molar-refractivity contribution >= 4 is 0 Å². The number of hydrogen-bond donors (Lipinski definition) is 1. The highest BCUT2D eigenvalue weighted by Gasteiger charge is 2.31. The van der Waals surface area contributed by atoms with Gasteiger partial charge < -0.3 is 9.84 Å². The quantitative estimate of drug-likeness (QED) is 0.828. The first kappa shape index (κ1) is 13.0. The van der Waals surface area contributed by atoms with Gasteiger partial charge in [-0.1, -0.05) is 32.9 Å². The van der Waals surface area contributed by atoms with Crippen molar-refractivity contribution in [3.8, 4) is 5.75 Å². The van der Waals surface area contributed by atoms with E-state index >= 15 is 0 Å². The zero-order valence-electron chi connectivity index (χ0n) is 10.7. The molecule has 0 heterocycles. The fourth-order valence-corrected chi connectivity index (χ4v) is 1.97. The molecule has 1 atom stereocenters. The van der Waals surface area contributed by atoms with E-state index < -0.39 is 5.60 Å². The molecule has 2 nitrogen and oxygen atoms in total. The molecule has 1 N–H and O–H groups in total. The van der Waals surface area contributed by atoms with Crippen molar-refractivity contribution in [2.24, 2.45) is 5.92 Å². The van der Waals surface area contributed by atoms with Gasteiger partial charge in [-0.15, -0.1) is 0 Å². The van der Waals surface area contributed by atoms with E-state index in [9.17, 15) is 5.11 Å². The van der Waals surface area contributed by atoms with E-state index in [1.807, 2.05) is 52.0 Å². The third-order valence-electron chi connectivity index (χ3n) is 3.14. The molecule has 0 aliphatic heterocycles. The lowest BCUT2D eigenvalue weighted by Crippen LogP contribution is -2.31. The summed E-state index contributed by atoms with van der Waals surface area (Å²) in [5.41, 5.74) is 0.184. The zero-order valence-corrected chi connectivity index (χ0v) is 10.7. The Labute approximate surface area is 98.3 Å². The van der Waals surface area contributed by atoms with Crippen LogP contribution in [0.1, 0.15) is 39.7 Å². The molecule has 0 aromatic heterocycles. The summed E-state index contributed by atoms with van der Waals surface area (Å²) in [6, 6.07) is 7.76. The fraction of sp³-hybridized carbons (Fsp3) is 0.571. The van der Waals surface area contributed by atoms with Gasteiger partial charge >= 0.3 is 0 Å². The molecule has 0 saturated heterocycles. The van der Waals surface area contributed by atoms with E-state index in [0.29, 0.717) is 13.0 Å². The molecular formula is C14H22O2. The first-order valence-corrected chi connectivity index (χ1v) is 6.00. The third kappa shape index (κ3) is 2.56. The maximum Gasteiger partial charge on any atom is 0.119 e. The van der Waals surface area contributed by atoms with Crippen molar-refractivity contribution in [2.45, 2.75) is 39.7 Å². The van der Waals surface area contributed by atoms with Crippen molar-refractivity contribution in [1.82, 2.24) is 0 Å². The van der Waals surface area contributed by atoms with Gasteiger partial charge in [0.1, 0.15) is 5.75 Å². The molecule has 0 aliphatic rings. The van der Waals surface area contributed by atoms with Gasteiger partial charge in [0.05, 0.1) is 12.2 Å². The van der Waals surface area contributed by atoms with Gasteiger partial charge in [0.15, 0.2) is 0 Å². The number of aliphatic hydroxyl groups is 1. The standard InChI is InChI=1S/C14H22O2/c1-5-14(15,11(3)4)12-8-7-9-13(10-12)16-6-2/h7-11,15H,5-6H2,1-4H3. The second-order valence-electron chi connectivity index (χ2n) is 4.39. The van der Waals surface area contributed by atoms with Crippen LogP contribution < -0.4 is 4.74 Å². The zero-order chi connectivity index (χ0) is 12.2. The van der Waals surface area contributed by atoms with E-state index in [2.05, 4.69) is 0 Å². The van der Waals surface area contributed by atoms with Crippen molar-refractivity contribution in [3.63, 3.8) is 0 Å². The van der Waals surface area contributed by atoms with Gasteiger partial charge in [0, 0.05) is 0 Å². The summed E-state index contributed by atoms with van der Waals surface area (Å²) < 4.78 is 5.45. The minimum atomic E-state index is -0.757. The Balaban J connectivity index is 3.06. The van der Waals surface area contributed by atoms with Crippen LogP contribution in [0.5, 0.6) is 5.75 Å². The van der Waals surface area contributed by atoms with Crippen LogP contribution in [-0.2, 0) is 5.60 Å². The maximum absolute atomic E-state index is 10.6. The Morgan fingerprint density at radius 1 is 1.31 bits per heavy atom. The van der Waals surface area contributed by atoms with Crippen molar-refractivity contribution < 1.29 is 9.84 Å². The molecule has 2 heteroatoms. The molecule has 0 saturated carbocycles. The van der Waals surface area contributed by atoms with Crippen LogP contribution in [0.25, 0.3) is 0 Å². The van der Waals surface area contributed by atoms with Crippen molar-refractivity contribution in [3.05, 3.63) is 29.8 Å². The Morgan fingerprint density at radius 2 is 2.00 bits per heavy atom. The molecule has 0 radical (unpaired) electrons. The lowest BCUT2D eigenvalue weighted by molar-refractivity contribution is -0.0142. The number of benzene rings is 1. The largest absolute Gasteiger partial charge is 0.494 e. The SMILES string of the molecule is CCOc1cccc(C(O)(CC)C(C)C)c1. The highest BCUT2D eigenvalue weighted by Crippen LogP contribution is 2.34. The van der Waals surface area contributed by atoms with Gasteiger partial charge in [-0.3, -0.25) is 0 Å². The Hall–Kier alpha value is -1.02. The van der Waals surface area contributed by atoms with Crippen molar-refractivity contribution in [2.75, 3.05) is 6.61 Å². The second kappa shape index (κ2) is 5.35. The van der Waals surface area contributed by atoms with Gasteiger partial charge in [-0.25, -0.2) is 0 Å². The molecule has 0 aliphatic carbocycles. The predicted octanol–water partition coefficient (Wildman–Crippen LogP) is 3.34. The summed E-state index contributed by atoms with van der Waals surface area (Å²) >= 11 is 0. The minimum absolute atomic E-state index is 0.189. The van der Waals surface area contributed by atoms with Gasteiger partial charge in [0.2, 0.25) is 0 Å². The molecule has 1 aromatic rings. The Morgan fingerprint density at radius 3 is 2.50 bits per heavy atom. The molecular weight excluding hydrogens is 200 g/mol. The van der Waals surface area contributed by atoms with Crippen LogP contribution >= 0.6 is 0 Å². The van der Waals surface area contributed by atoms with E-state index in [1.54, 1.807) is 0 Å². The summed E-state index contributed by atoms with van der Waals surface area (Å²) in [7, 11) is 0. The van der Waals surface area contributed by atoms with E-state index in [0.717, 1.165) is 11.3 Å². The molecule has 0 fully saturated rings. The summed E-state index contributed by atoms with van der Waals surface area (Å²) in [6.07, 6.45) is 0.709. The molecule has 16 heavy (non-hydrogen) atoms. The summed E-state index contributed by atoms with van der Waals surface area (Å²) in [5, 5.41) is 10.6. The fourth-order valence-electron chi connectivity index (χ4n) is 1.97. The van der Waals surface area contributed by atoms with Crippen LogP contribution in [-0.4, -0.2) is 11.7 Å². The third-order valence-corrected chi connectivity index (χ3v) is 3.14. The normalized spacial score (nSPS) is 14.9. The van der Waals surface area contributed by atoms with Crippen LogP contribution in [0, 0.1) is 5.92 Å². The Bertz CT molecular complexity index is 333. The van der Waals surface area contributed by atoms with Crippen LogP contribution in [0.15, 0.2) is 24.3 Å². The van der Waals surface area contributed by atoms with Gasteiger partial charge in [-0.05, 0) is 37.0 Å². The molecule has 0 amide bonds. The van der Waals surface area contributed by atoms with Crippen molar-refractivity contribution in [1.29, 1.82) is 0 Å². The smallest absolute Gasteiger partial charge is 0.119 e. The van der Waals surface area contributed by atoms with Gasteiger partial charge in [0.25, 0.3) is 0 Å². The lowest BCUT2D eigenvalue weighted by atomic mass is 9.81. The monoisotopic (exact) mass is 222 g/mol. The summed E-state index contributed by atoms with van der Waals surface area (Å²) in [4.78, 5) is 0. The molecule has 0 spiro atoms. The summed E-state index contributed by atoms with van der Waals surface area (Å²) in [5.74, 6) is 1.02. The highest BCUT2D eigenvalue weighted by atomic mass is 16.5. The number of ether oxygens (including phenoxy) is 1. The number of hydrogen-bond acceptors (Lipinski definition) is 2. The molecule has 0 bridgehead atoms. The Kier molecular flexibility index (Phi) is 4.36. The minimum Gasteiger partial charge on any atom is -0.494 e. The molecule has 90 valence electrons.